The molecular formula is C7H14N4. The van der Waals surface area contributed by atoms with E-state index in [1.54, 1.807) is 0 Å². The quantitative estimate of drug-likeness (QED) is 0.619. The summed E-state index contributed by atoms with van der Waals surface area (Å²) in [6.07, 6.45) is 4.00. The number of hydrogen-bond acceptors (Lipinski definition) is 3. The summed E-state index contributed by atoms with van der Waals surface area (Å²) in [6, 6.07) is 0. The van der Waals surface area contributed by atoms with Gasteiger partial charge in [-0.2, -0.15) is 0 Å². The predicted octanol–water partition coefficient (Wildman–Crippen LogP) is -0.0329. The molecule has 0 amide bonds. The minimum atomic E-state index is 1.05. The van der Waals surface area contributed by atoms with Crippen molar-refractivity contribution in [3.63, 3.8) is 0 Å². The summed E-state index contributed by atoms with van der Waals surface area (Å²) < 4.78 is 1.82. The van der Waals surface area contributed by atoms with E-state index in [1.165, 1.54) is 5.69 Å². The topological polar surface area (TPSA) is 42.7 Å². The van der Waals surface area contributed by atoms with Gasteiger partial charge in [-0.1, -0.05) is 5.21 Å². The summed E-state index contributed by atoms with van der Waals surface area (Å²) in [6.45, 7) is 1.05. The highest BCUT2D eigenvalue weighted by molar-refractivity contribution is 4.92. The van der Waals surface area contributed by atoms with Gasteiger partial charge in [0, 0.05) is 7.05 Å². The van der Waals surface area contributed by atoms with Gasteiger partial charge in [-0.15, -0.1) is 5.10 Å². The number of nitrogens with one attached hydrogen (secondary N) is 1. The van der Waals surface area contributed by atoms with E-state index in [2.05, 4.69) is 15.6 Å². The molecule has 0 bridgehead atoms. The van der Waals surface area contributed by atoms with Crippen LogP contribution in [0.3, 0.4) is 0 Å². The van der Waals surface area contributed by atoms with Gasteiger partial charge < -0.3 is 5.32 Å². The minimum Gasteiger partial charge on any atom is -0.320 e. The van der Waals surface area contributed by atoms with Gasteiger partial charge in [0.15, 0.2) is 0 Å². The van der Waals surface area contributed by atoms with E-state index in [0.717, 1.165) is 19.4 Å². The fourth-order valence-electron chi connectivity index (χ4n) is 0.984. The third-order valence-electron chi connectivity index (χ3n) is 1.67. The third kappa shape index (κ3) is 2.31. The summed E-state index contributed by atoms with van der Waals surface area (Å²) in [5, 5.41) is 10.7. The van der Waals surface area contributed by atoms with Crippen LogP contribution < -0.4 is 5.32 Å². The second kappa shape index (κ2) is 4.08. The Balaban J connectivity index is 2.32. The van der Waals surface area contributed by atoms with Crippen LogP contribution in [0.1, 0.15) is 12.1 Å². The van der Waals surface area contributed by atoms with Crippen molar-refractivity contribution in [2.45, 2.75) is 12.8 Å². The lowest BCUT2D eigenvalue weighted by atomic mass is 10.2. The van der Waals surface area contributed by atoms with Crippen molar-refractivity contribution >= 4 is 0 Å². The molecule has 0 saturated heterocycles. The molecule has 4 nitrogen and oxygen atoms in total. The zero-order valence-electron chi connectivity index (χ0n) is 7.04. The molecule has 1 heterocycles. The van der Waals surface area contributed by atoms with E-state index in [4.69, 9.17) is 0 Å². The minimum absolute atomic E-state index is 1.05. The van der Waals surface area contributed by atoms with Crippen molar-refractivity contribution < 1.29 is 0 Å². The number of aryl methyl sites for hydroxylation is 2. The monoisotopic (exact) mass is 154 g/mol. The molecule has 1 rings (SSSR count). The van der Waals surface area contributed by atoms with E-state index in [-0.39, 0.29) is 0 Å². The highest BCUT2D eigenvalue weighted by atomic mass is 15.4. The lowest BCUT2D eigenvalue weighted by Crippen LogP contribution is -2.09. The Morgan fingerprint density at radius 1 is 1.64 bits per heavy atom. The first-order chi connectivity index (χ1) is 5.34. The van der Waals surface area contributed by atoms with Crippen LogP contribution in [0, 0.1) is 0 Å². The van der Waals surface area contributed by atoms with Crippen molar-refractivity contribution in [3.05, 3.63) is 11.9 Å². The van der Waals surface area contributed by atoms with Crippen LogP contribution in [-0.2, 0) is 13.5 Å². The molecule has 0 aliphatic heterocycles. The maximum Gasteiger partial charge on any atom is 0.0724 e. The smallest absolute Gasteiger partial charge is 0.0724 e. The zero-order chi connectivity index (χ0) is 8.10. The molecule has 0 aliphatic rings. The Morgan fingerprint density at radius 3 is 3.00 bits per heavy atom. The number of nitrogens with zero attached hydrogens (tertiary/aromatic N) is 3. The van der Waals surface area contributed by atoms with Gasteiger partial charge in [-0.3, -0.25) is 4.68 Å². The highest BCUT2D eigenvalue weighted by Crippen LogP contribution is 1.96. The second-order valence-corrected chi connectivity index (χ2v) is 2.56. The molecule has 0 aliphatic carbocycles. The third-order valence-corrected chi connectivity index (χ3v) is 1.67. The lowest BCUT2D eigenvalue weighted by Gasteiger charge is -1.98. The number of hydrogen-bond donors (Lipinski definition) is 1. The van der Waals surface area contributed by atoms with Crippen molar-refractivity contribution in [2.24, 2.45) is 7.05 Å². The zero-order valence-corrected chi connectivity index (χ0v) is 7.04. The highest BCUT2D eigenvalue weighted by Gasteiger charge is 1.97. The Bertz CT molecular complexity index is 206. The maximum absolute atomic E-state index is 3.84. The van der Waals surface area contributed by atoms with Crippen molar-refractivity contribution in [1.82, 2.24) is 20.3 Å². The first-order valence-corrected chi connectivity index (χ1v) is 3.82. The molecule has 1 aromatic rings. The average molecular weight is 154 g/mol. The van der Waals surface area contributed by atoms with Crippen LogP contribution in [0.2, 0.25) is 0 Å². The molecule has 0 fully saturated rings. The Kier molecular flexibility index (Phi) is 3.04. The largest absolute Gasteiger partial charge is 0.320 e. The van der Waals surface area contributed by atoms with Gasteiger partial charge in [0.05, 0.1) is 11.9 Å². The summed E-state index contributed by atoms with van der Waals surface area (Å²) in [5.41, 5.74) is 1.19. The second-order valence-electron chi connectivity index (χ2n) is 2.56. The van der Waals surface area contributed by atoms with Gasteiger partial charge in [-0.05, 0) is 26.4 Å². The lowest BCUT2D eigenvalue weighted by molar-refractivity contribution is 0.645. The van der Waals surface area contributed by atoms with Gasteiger partial charge in [0.1, 0.15) is 0 Å². The predicted molar refractivity (Wildman–Crippen MR) is 43.3 cm³/mol. The molecule has 0 saturated carbocycles. The fourth-order valence-corrected chi connectivity index (χ4v) is 0.984. The van der Waals surface area contributed by atoms with E-state index < -0.39 is 0 Å². The van der Waals surface area contributed by atoms with Crippen molar-refractivity contribution in [2.75, 3.05) is 13.6 Å². The molecule has 4 heteroatoms. The van der Waals surface area contributed by atoms with Crippen LogP contribution >= 0.6 is 0 Å². The molecule has 62 valence electrons. The molecule has 0 atom stereocenters. The molecule has 0 unspecified atom stereocenters. The summed E-state index contributed by atoms with van der Waals surface area (Å²) in [4.78, 5) is 0. The fraction of sp³-hybridized carbons (Fsp3) is 0.714. The first kappa shape index (κ1) is 8.20. The number of rotatable bonds is 4. The van der Waals surface area contributed by atoms with Gasteiger partial charge in [0.25, 0.3) is 0 Å². The van der Waals surface area contributed by atoms with Crippen LogP contribution in [0.15, 0.2) is 6.20 Å². The van der Waals surface area contributed by atoms with Crippen LogP contribution in [0.25, 0.3) is 0 Å². The summed E-state index contributed by atoms with van der Waals surface area (Å²) in [7, 11) is 3.88. The molecule has 1 aromatic heterocycles. The van der Waals surface area contributed by atoms with Gasteiger partial charge >= 0.3 is 0 Å². The normalized spacial score (nSPS) is 10.4. The molecule has 0 aromatic carbocycles. The maximum atomic E-state index is 3.84. The summed E-state index contributed by atoms with van der Waals surface area (Å²) >= 11 is 0. The van der Waals surface area contributed by atoms with Crippen LogP contribution in [0.4, 0.5) is 0 Å². The van der Waals surface area contributed by atoms with Crippen molar-refractivity contribution in [1.29, 1.82) is 0 Å². The van der Waals surface area contributed by atoms with E-state index >= 15 is 0 Å². The molecular weight excluding hydrogens is 140 g/mol. The van der Waals surface area contributed by atoms with Gasteiger partial charge in [0.2, 0.25) is 0 Å². The Morgan fingerprint density at radius 2 is 2.45 bits per heavy atom. The van der Waals surface area contributed by atoms with Crippen LogP contribution in [0.5, 0.6) is 0 Å². The molecule has 11 heavy (non-hydrogen) atoms. The average Bonchev–Trinajstić information content (AvgIpc) is 2.37. The van der Waals surface area contributed by atoms with Crippen LogP contribution in [-0.4, -0.2) is 28.6 Å². The first-order valence-electron chi connectivity index (χ1n) is 3.82. The standard InChI is InChI=1S/C7H14N4/c1-8-5-3-4-7-6-9-10-11(7)2/h6,8H,3-5H2,1-2H3. The summed E-state index contributed by atoms with van der Waals surface area (Å²) in [5.74, 6) is 0. The molecule has 0 radical (unpaired) electrons. The SMILES string of the molecule is CNCCCc1cnnn1C. The van der Waals surface area contributed by atoms with E-state index in [0.29, 0.717) is 0 Å². The Hall–Kier alpha value is -0.900. The number of aromatic nitrogens is 3. The molecule has 0 spiro atoms. The molecule has 1 N–H and O–H groups in total. The van der Waals surface area contributed by atoms with E-state index in [9.17, 15) is 0 Å². The van der Waals surface area contributed by atoms with Crippen molar-refractivity contribution in [3.8, 4) is 0 Å². The van der Waals surface area contributed by atoms with E-state index in [1.807, 2.05) is 25.0 Å². The van der Waals surface area contributed by atoms with Gasteiger partial charge in [-0.25, -0.2) is 0 Å². The Labute approximate surface area is 66.6 Å².